The van der Waals surface area contributed by atoms with Crippen molar-refractivity contribution in [2.24, 2.45) is 0 Å². The van der Waals surface area contributed by atoms with E-state index in [0.29, 0.717) is 17.8 Å². The maximum absolute atomic E-state index is 13.6. The zero-order valence-corrected chi connectivity index (χ0v) is 11.2. The van der Waals surface area contributed by atoms with Crippen molar-refractivity contribution >= 4 is 5.82 Å². The first-order chi connectivity index (χ1) is 9.11. The number of benzene rings is 1. The Morgan fingerprint density at radius 1 is 1.37 bits per heavy atom. The molecule has 0 fully saturated rings. The molecule has 4 heteroatoms. The van der Waals surface area contributed by atoms with E-state index in [2.05, 4.69) is 10.3 Å². The summed E-state index contributed by atoms with van der Waals surface area (Å²) in [5.41, 5.74) is 8.37. The van der Waals surface area contributed by atoms with E-state index in [9.17, 15) is 4.39 Å². The third-order valence-corrected chi connectivity index (χ3v) is 3.30. The van der Waals surface area contributed by atoms with Crippen molar-refractivity contribution in [3.63, 3.8) is 0 Å². The molecule has 100 valence electrons. The Labute approximate surface area is 112 Å². The summed E-state index contributed by atoms with van der Waals surface area (Å²) in [6.45, 7) is 1.76. The minimum Gasteiger partial charge on any atom is -0.383 e. The first-order valence-electron chi connectivity index (χ1n) is 6.24. The molecule has 1 atom stereocenters. The number of nitrogens with one attached hydrogen (secondary N) is 1. The predicted octanol–water partition coefficient (Wildman–Crippen LogP) is 2.61. The fourth-order valence-electron chi connectivity index (χ4n) is 2.06. The number of nitrogens with zero attached hydrogens (tertiary/aromatic N) is 1. The second-order valence-electron chi connectivity index (χ2n) is 4.60. The number of likely N-dealkylation sites (N-methyl/N-ethyl adjacent to an activating group) is 1. The van der Waals surface area contributed by atoms with E-state index in [4.69, 9.17) is 5.73 Å². The van der Waals surface area contributed by atoms with E-state index in [-0.39, 0.29) is 11.9 Å². The lowest BCUT2D eigenvalue weighted by atomic mass is 9.98. The number of aromatic nitrogens is 1. The zero-order valence-electron chi connectivity index (χ0n) is 11.2. The van der Waals surface area contributed by atoms with Crippen LogP contribution in [0.5, 0.6) is 0 Å². The summed E-state index contributed by atoms with van der Waals surface area (Å²) in [4.78, 5) is 4.07. The van der Waals surface area contributed by atoms with Gasteiger partial charge in [-0.3, -0.25) is 0 Å². The summed E-state index contributed by atoms with van der Waals surface area (Å²) in [7, 11) is 1.86. The molecule has 2 rings (SSSR count). The smallest absolute Gasteiger partial charge is 0.126 e. The Hall–Kier alpha value is -1.94. The zero-order chi connectivity index (χ0) is 13.8. The third-order valence-electron chi connectivity index (χ3n) is 3.30. The summed E-state index contributed by atoms with van der Waals surface area (Å²) >= 11 is 0. The fourth-order valence-corrected chi connectivity index (χ4v) is 2.06. The van der Waals surface area contributed by atoms with Crippen LogP contribution >= 0.6 is 0 Å². The molecule has 0 saturated carbocycles. The highest BCUT2D eigenvalue weighted by Gasteiger charge is 2.13. The molecule has 0 aliphatic carbocycles. The largest absolute Gasteiger partial charge is 0.383 e. The molecule has 1 heterocycles. The summed E-state index contributed by atoms with van der Waals surface area (Å²) < 4.78 is 13.6. The minimum atomic E-state index is -0.183. The maximum Gasteiger partial charge on any atom is 0.126 e. The lowest BCUT2D eigenvalue weighted by Crippen LogP contribution is -2.19. The Morgan fingerprint density at radius 2 is 2.16 bits per heavy atom. The van der Waals surface area contributed by atoms with E-state index in [1.807, 2.05) is 25.2 Å². The molecule has 19 heavy (non-hydrogen) atoms. The maximum atomic E-state index is 13.6. The van der Waals surface area contributed by atoms with Crippen LogP contribution in [0.4, 0.5) is 10.2 Å². The van der Waals surface area contributed by atoms with Gasteiger partial charge in [0.05, 0.1) is 0 Å². The molecular formula is C15H18FN3. The number of halogens is 1. The molecule has 1 unspecified atom stereocenters. The Kier molecular flexibility index (Phi) is 4.12. The lowest BCUT2D eigenvalue weighted by Gasteiger charge is -2.18. The number of hydrogen-bond donors (Lipinski definition) is 2. The first-order valence-corrected chi connectivity index (χ1v) is 6.24. The Morgan fingerprint density at radius 3 is 2.79 bits per heavy atom. The quantitative estimate of drug-likeness (QED) is 0.887. The highest BCUT2D eigenvalue weighted by atomic mass is 19.1. The van der Waals surface area contributed by atoms with E-state index in [1.165, 1.54) is 0 Å². The standard InChI is InChI=1S/C15H18FN3/c1-10-5-6-11(8-13(10)16)14(18-2)9-12-4-3-7-19-15(12)17/h3-8,14,18H,9H2,1-2H3,(H2,17,19). The van der Waals surface area contributed by atoms with Gasteiger partial charge in [-0.25, -0.2) is 9.37 Å². The lowest BCUT2D eigenvalue weighted by molar-refractivity contribution is 0.574. The van der Waals surface area contributed by atoms with Crippen LogP contribution in [0.3, 0.4) is 0 Å². The van der Waals surface area contributed by atoms with Crippen molar-refractivity contribution in [1.82, 2.24) is 10.3 Å². The van der Waals surface area contributed by atoms with Gasteiger partial charge in [-0.15, -0.1) is 0 Å². The van der Waals surface area contributed by atoms with Gasteiger partial charge in [-0.05, 0) is 49.2 Å². The number of nitrogens with two attached hydrogens (primary N) is 1. The second kappa shape index (κ2) is 5.80. The van der Waals surface area contributed by atoms with Crippen molar-refractivity contribution in [2.45, 2.75) is 19.4 Å². The van der Waals surface area contributed by atoms with Gasteiger partial charge in [0.25, 0.3) is 0 Å². The van der Waals surface area contributed by atoms with Gasteiger partial charge < -0.3 is 11.1 Å². The van der Waals surface area contributed by atoms with Crippen molar-refractivity contribution in [1.29, 1.82) is 0 Å². The molecule has 0 aliphatic rings. The normalized spacial score (nSPS) is 12.4. The van der Waals surface area contributed by atoms with Gasteiger partial charge in [0.1, 0.15) is 11.6 Å². The number of nitrogen functional groups attached to an aromatic ring is 1. The van der Waals surface area contributed by atoms with Crippen LogP contribution in [0.1, 0.15) is 22.7 Å². The average Bonchev–Trinajstić information content (AvgIpc) is 2.41. The number of rotatable bonds is 4. The third kappa shape index (κ3) is 3.09. The summed E-state index contributed by atoms with van der Waals surface area (Å²) in [6, 6.07) is 9.11. The molecule has 0 aliphatic heterocycles. The molecular weight excluding hydrogens is 241 g/mol. The molecule has 1 aromatic carbocycles. The Bertz CT molecular complexity index is 569. The number of hydrogen-bond acceptors (Lipinski definition) is 3. The van der Waals surface area contributed by atoms with Crippen LogP contribution in [-0.2, 0) is 6.42 Å². The molecule has 0 saturated heterocycles. The summed E-state index contributed by atoms with van der Waals surface area (Å²) in [5.74, 6) is 0.340. The monoisotopic (exact) mass is 259 g/mol. The number of pyridine rings is 1. The molecule has 2 aromatic rings. The average molecular weight is 259 g/mol. The molecule has 0 amide bonds. The first kappa shape index (κ1) is 13.5. The van der Waals surface area contributed by atoms with Gasteiger partial charge in [-0.2, -0.15) is 0 Å². The van der Waals surface area contributed by atoms with Crippen LogP contribution < -0.4 is 11.1 Å². The topological polar surface area (TPSA) is 50.9 Å². The van der Waals surface area contributed by atoms with Gasteiger partial charge in [0.15, 0.2) is 0 Å². The van der Waals surface area contributed by atoms with Gasteiger partial charge in [0, 0.05) is 12.2 Å². The van der Waals surface area contributed by atoms with Crippen molar-refractivity contribution < 1.29 is 4.39 Å². The highest BCUT2D eigenvalue weighted by molar-refractivity contribution is 5.40. The fraction of sp³-hybridized carbons (Fsp3) is 0.267. The molecule has 3 N–H and O–H groups in total. The van der Waals surface area contributed by atoms with E-state index in [1.54, 1.807) is 25.3 Å². The Balaban J connectivity index is 2.25. The molecule has 0 spiro atoms. The highest BCUT2D eigenvalue weighted by Crippen LogP contribution is 2.22. The van der Waals surface area contributed by atoms with Crippen LogP contribution in [0, 0.1) is 12.7 Å². The van der Waals surface area contributed by atoms with E-state index < -0.39 is 0 Å². The molecule has 0 bridgehead atoms. The van der Waals surface area contributed by atoms with E-state index in [0.717, 1.165) is 11.1 Å². The van der Waals surface area contributed by atoms with Crippen LogP contribution in [0.2, 0.25) is 0 Å². The van der Waals surface area contributed by atoms with Crippen molar-refractivity contribution in [3.8, 4) is 0 Å². The van der Waals surface area contributed by atoms with Gasteiger partial charge >= 0.3 is 0 Å². The van der Waals surface area contributed by atoms with Crippen molar-refractivity contribution in [2.75, 3.05) is 12.8 Å². The van der Waals surface area contributed by atoms with Crippen LogP contribution in [0.25, 0.3) is 0 Å². The SMILES string of the molecule is CNC(Cc1cccnc1N)c1ccc(C)c(F)c1. The predicted molar refractivity (Wildman–Crippen MR) is 75.3 cm³/mol. The molecule has 1 aromatic heterocycles. The second-order valence-corrected chi connectivity index (χ2v) is 4.60. The van der Waals surface area contributed by atoms with Crippen LogP contribution in [0.15, 0.2) is 36.5 Å². The van der Waals surface area contributed by atoms with E-state index >= 15 is 0 Å². The molecule has 0 radical (unpaired) electrons. The summed E-state index contributed by atoms with van der Waals surface area (Å²) in [5, 5.41) is 3.19. The van der Waals surface area contributed by atoms with Gasteiger partial charge in [-0.1, -0.05) is 18.2 Å². The summed E-state index contributed by atoms with van der Waals surface area (Å²) in [6.07, 6.45) is 2.34. The molecule has 3 nitrogen and oxygen atoms in total. The number of anilines is 1. The van der Waals surface area contributed by atoms with Crippen LogP contribution in [-0.4, -0.2) is 12.0 Å². The van der Waals surface area contributed by atoms with Crippen molar-refractivity contribution in [3.05, 3.63) is 59.0 Å². The van der Waals surface area contributed by atoms with Gasteiger partial charge in [0.2, 0.25) is 0 Å². The number of aryl methyl sites for hydroxylation is 1. The minimum absolute atomic E-state index is 0.0154.